The smallest absolute Gasteiger partial charge is 0.327 e. The van der Waals surface area contributed by atoms with Crippen LogP contribution in [0.15, 0.2) is 29.2 Å². The van der Waals surface area contributed by atoms with Crippen LogP contribution < -0.4 is 11.4 Å². The molecule has 4 rings (SSSR count). The summed E-state index contributed by atoms with van der Waals surface area (Å²) in [5, 5.41) is 4.39. The van der Waals surface area contributed by atoms with Gasteiger partial charge in [0.25, 0.3) is 0 Å². The van der Waals surface area contributed by atoms with Crippen LogP contribution in [-0.2, 0) is 6.54 Å². The van der Waals surface area contributed by atoms with Gasteiger partial charge >= 0.3 is 5.69 Å². The van der Waals surface area contributed by atoms with E-state index in [0.717, 1.165) is 25.6 Å². The second-order valence-corrected chi connectivity index (χ2v) is 6.71. The van der Waals surface area contributed by atoms with E-state index in [1.54, 1.807) is 15.3 Å². The minimum Gasteiger partial charge on any atom is -0.327 e. The highest BCUT2D eigenvalue weighted by Crippen LogP contribution is 2.35. The van der Waals surface area contributed by atoms with Gasteiger partial charge < -0.3 is 10.6 Å². The largest absolute Gasteiger partial charge is 0.350 e. The number of pyridine rings is 1. The third-order valence-electron chi connectivity index (χ3n) is 5.35. The zero-order valence-electron chi connectivity index (χ0n) is 13.2. The fourth-order valence-electron chi connectivity index (χ4n) is 4.14. The molecule has 0 radical (unpaired) electrons. The number of fused-ring (bicyclic) bond motifs is 2. The Kier molecular flexibility index (Phi) is 4.75. The van der Waals surface area contributed by atoms with Crippen molar-refractivity contribution < 1.29 is 0 Å². The van der Waals surface area contributed by atoms with Crippen LogP contribution in [0.2, 0.25) is 0 Å². The lowest BCUT2D eigenvalue weighted by molar-refractivity contribution is 0.259. The van der Waals surface area contributed by atoms with E-state index in [0.29, 0.717) is 24.2 Å². The first-order valence-corrected chi connectivity index (χ1v) is 8.24. The molecule has 2 aromatic heterocycles. The zero-order chi connectivity index (χ0) is 15.1. The summed E-state index contributed by atoms with van der Waals surface area (Å²) in [4.78, 5) is 14.7. The standard InChI is InChI=1S/C16H23N5O.ClH/c17-14-5-3-4-12-10-19(11-13(12)14)8-9-21-16(22)20-7-2-1-6-15(20)18-21;/h1-2,6-7,12-14H,3-5,8-11,17H2;1H. The van der Waals surface area contributed by atoms with E-state index >= 15 is 0 Å². The van der Waals surface area contributed by atoms with Gasteiger partial charge in [0.1, 0.15) is 0 Å². The summed E-state index contributed by atoms with van der Waals surface area (Å²) in [5.74, 6) is 1.40. The predicted molar refractivity (Wildman–Crippen MR) is 91.9 cm³/mol. The summed E-state index contributed by atoms with van der Waals surface area (Å²) in [6, 6.07) is 5.98. The Labute approximate surface area is 141 Å². The van der Waals surface area contributed by atoms with Crippen LogP contribution >= 0.6 is 12.4 Å². The molecule has 1 saturated heterocycles. The van der Waals surface area contributed by atoms with Gasteiger partial charge in [-0.05, 0) is 36.8 Å². The molecule has 2 aliphatic rings. The van der Waals surface area contributed by atoms with Gasteiger partial charge in [0, 0.05) is 31.9 Å². The van der Waals surface area contributed by atoms with Crippen LogP contribution in [0.4, 0.5) is 0 Å². The molecule has 0 spiro atoms. The van der Waals surface area contributed by atoms with Crippen LogP contribution in [0.1, 0.15) is 19.3 Å². The van der Waals surface area contributed by atoms with Gasteiger partial charge in [-0.3, -0.25) is 4.40 Å². The normalized spacial score (nSPS) is 27.8. The third-order valence-corrected chi connectivity index (χ3v) is 5.35. The van der Waals surface area contributed by atoms with Crippen molar-refractivity contribution in [2.24, 2.45) is 17.6 Å². The molecule has 1 aliphatic heterocycles. The van der Waals surface area contributed by atoms with Crippen molar-refractivity contribution in [3.05, 3.63) is 34.9 Å². The first kappa shape index (κ1) is 16.5. The quantitative estimate of drug-likeness (QED) is 0.906. The lowest BCUT2D eigenvalue weighted by Crippen LogP contribution is -2.38. The average molecular weight is 338 g/mol. The SMILES string of the molecule is Cl.NC1CCCC2CN(CCn3nc4ccccn4c3=O)CC12. The minimum atomic E-state index is -0.0519. The molecule has 0 bridgehead atoms. The second kappa shape index (κ2) is 6.63. The Hall–Kier alpha value is -1.37. The molecular formula is C16H24ClN5O. The molecule has 2 N–H and O–H groups in total. The molecule has 0 amide bonds. The molecule has 6 nitrogen and oxygen atoms in total. The van der Waals surface area contributed by atoms with Crippen molar-refractivity contribution in [2.45, 2.75) is 31.8 Å². The molecule has 2 fully saturated rings. The molecule has 3 heterocycles. The Morgan fingerprint density at radius 3 is 2.87 bits per heavy atom. The van der Waals surface area contributed by atoms with Gasteiger partial charge in [0.2, 0.25) is 0 Å². The summed E-state index contributed by atoms with van der Waals surface area (Å²) < 4.78 is 3.18. The van der Waals surface area contributed by atoms with E-state index in [4.69, 9.17) is 5.73 Å². The number of likely N-dealkylation sites (tertiary alicyclic amines) is 1. The Morgan fingerprint density at radius 2 is 2.09 bits per heavy atom. The molecule has 1 saturated carbocycles. The highest BCUT2D eigenvalue weighted by atomic mass is 35.5. The fraction of sp³-hybridized carbons (Fsp3) is 0.625. The summed E-state index contributed by atoms with van der Waals surface area (Å²) in [7, 11) is 0. The maximum atomic E-state index is 12.3. The minimum absolute atomic E-state index is 0. The van der Waals surface area contributed by atoms with Gasteiger partial charge in [0.15, 0.2) is 5.65 Å². The van der Waals surface area contributed by atoms with Crippen LogP contribution in [-0.4, -0.2) is 44.8 Å². The monoisotopic (exact) mass is 337 g/mol. The molecule has 3 atom stereocenters. The van der Waals surface area contributed by atoms with Crippen molar-refractivity contribution in [1.29, 1.82) is 0 Å². The fourth-order valence-corrected chi connectivity index (χ4v) is 4.14. The summed E-state index contributed by atoms with van der Waals surface area (Å²) in [6.45, 7) is 3.73. The number of nitrogens with zero attached hydrogens (tertiary/aromatic N) is 4. The number of hydrogen-bond donors (Lipinski definition) is 1. The van der Waals surface area contributed by atoms with Gasteiger partial charge in [0.05, 0.1) is 6.54 Å². The van der Waals surface area contributed by atoms with Gasteiger partial charge in [-0.1, -0.05) is 12.5 Å². The van der Waals surface area contributed by atoms with Crippen LogP contribution in [0, 0.1) is 11.8 Å². The maximum Gasteiger partial charge on any atom is 0.350 e. The Morgan fingerprint density at radius 1 is 1.22 bits per heavy atom. The van der Waals surface area contributed by atoms with Crippen molar-refractivity contribution in [3.8, 4) is 0 Å². The van der Waals surface area contributed by atoms with Gasteiger partial charge in [-0.15, -0.1) is 17.5 Å². The van der Waals surface area contributed by atoms with Crippen LogP contribution in [0.3, 0.4) is 0 Å². The zero-order valence-corrected chi connectivity index (χ0v) is 14.0. The lowest BCUT2D eigenvalue weighted by Gasteiger charge is -2.29. The van der Waals surface area contributed by atoms with E-state index in [9.17, 15) is 4.79 Å². The molecular weight excluding hydrogens is 314 g/mol. The van der Waals surface area contributed by atoms with Crippen molar-refractivity contribution in [1.82, 2.24) is 19.1 Å². The first-order chi connectivity index (χ1) is 10.7. The van der Waals surface area contributed by atoms with Crippen molar-refractivity contribution in [3.63, 3.8) is 0 Å². The maximum absolute atomic E-state index is 12.3. The number of aromatic nitrogens is 3. The Balaban J connectivity index is 0.00000156. The lowest BCUT2D eigenvalue weighted by atomic mass is 9.78. The van der Waals surface area contributed by atoms with E-state index in [1.165, 1.54) is 19.3 Å². The van der Waals surface area contributed by atoms with Crippen molar-refractivity contribution in [2.75, 3.05) is 19.6 Å². The van der Waals surface area contributed by atoms with E-state index < -0.39 is 0 Å². The van der Waals surface area contributed by atoms with E-state index in [2.05, 4.69) is 10.00 Å². The van der Waals surface area contributed by atoms with Crippen LogP contribution in [0.25, 0.3) is 5.65 Å². The van der Waals surface area contributed by atoms with Crippen LogP contribution in [0.5, 0.6) is 0 Å². The number of nitrogens with two attached hydrogens (primary N) is 1. The second-order valence-electron chi connectivity index (χ2n) is 6.71. The first-order valence-electron chi connectivity index (χ1n) is 8.24. The molecule has 3 unspecified atom stereocenters. The molecule has 7 heteroatoms. The van der Waals surface area contributed by atoms with E-state index in [1.807, 2.05) is 18.2 Å². The van der Waals surface area contributed by atoms with E-state index in [-0.39, 0.29) is 18.1 Å². The molecule has 2 aromatic rings. The van der Waals surface area contributed by atoms with Gasteiger partial charge in [-0.2, -0.15) is 0 Å². The number of rotatable bonds is 3. The third kappa shape index (κ3) is 3.03. The highest BCUT2D eigenvalue weighted by molar-refractivity contribution is 5.85. The molecule has 126 valence electrons. The number of halogens is 1. The molecule has 0 aromatic carbocycles. The van der Waals surface area contributed by atoms with Crippen molar-refractivity contribution >= 4 is 18.1 Å². The summed E-state index contributed by atoms with van der Waals surface area (Å²) >= 11 is 0. The average Bonchev–Trinajstić information content (AvgIpc) is 3.08. The predicted octanol–water partition coefficient (Wildman–Crippen LogP) is 0.977. The Bertz CT molecular complexity index is 727. The summed E-state index contributed by atoms with van der Waals surface area (Å²) in [5.41, 5.74) is 6.93. The number of hydrogen-bond acceptors (Lipinski definition) is 4. The topological polar surface area (TPSA) is 68.6 Å². The molecule has 23 heavy (non-hydrogen) atoms. The molecule has 1 aliphatic carbocycles. The highest BCUT2D eigenvalue weighted by Gasteiger charge is 2.38. The summed E-state index contributed by atoms with van der Waals surface area (Å²) in [6.07, 6.45) is 5.51. The van der Waals surface area contributed by atoms with Gasteiger partial charge in [-0.25, -0.2) is 9.48 Å².